The molecule has 1 heterocycles. The number of hydrazone groups is 1. The van der Waals surface area contributed by atoms with E-state index in [1.807, 2.05) is 60.0 Å². The number of thiazole rings is 1. The molecule has 4 rings (SSSR count). The highest BCUT2D eigenvalue weighted by Crippen LogP contribution is 2.24. The van der Waals surface area contributed by atoms with Crippen molar-refractivity contribution in [2.24, 2.45) is 5.10 Å². The predicted molar refractivity (Wildman–Crippen MR) is 116 cm³/mol. The summed E-state index contributed by atoms with van der Waals surface area (Å²) in [6.07, 6.45) is 1.68. The molecule has 0 unspecified atom stereocenters. The van der Waals surface area contributed by atoms with Crippen LogP contribution in [0, 0.1) is 11.6 Å². The first-order chi connectivity index (χ1) is 14.7. The molecule has 0 atom stereocenters. The summed E-state index contributed by atoms with van der Waals surface area (Å²) < 4.78 is 32.1. The Balaban J connectivity index is 1.32. The van der Waals surface area contributed by atoms with Crippen molar-refractivity contribution < 1.29 is 13.5 Å². The second-order valence-electron chi connectivity index (χ2n) is 6.38. The summed E-state index contributed by atoms with van der Waals surface area (Å²) in [4.78, 5) is 4.51. The van der Waals surface area contributed by atoms with Gasteiger partial charge in [-0.05, 0) is 23.3 Å². The highest BCUT2D eigenvalue weighted by atomic mass is 32.1. The van der Waals surface area contributed by atoms with E-state index in [-0.39, 0.29) is 12.4 Å². The van der Waals surface area contributed by atoms with Crippen LogP contribution in [0.1, 0.15) is 11.1 Å². The standard InChI is InChI=1S/C23H17F2N3OS/c24-19-10-11-20(25)22(12-19)29-14-17-8-6-16(7-9-17)13-26-28-23-27-21(15-30-23)18-4-2-1-3-5-18/h1-13,15H,14H2,(H,27,28). The van der Waals surface area contributed by atoms with Crippen LogP contribution in [0.15, 0.2) is 83.3 Å². The lowest BCUT2D eigenvalue weighted by Crippen LogP contribution is -1.98. The Morgan fingerprint density at radius 3 is 2.60 bits per heavy atom. The van der Waals surface area contributed by atoms with Gasteiger partial charge in [0.05, 0.1) is 11.9 Å². The fourth-order valence-corrected chi connectivity index (χ4v) is 3.35. The number of halogens is 2. The maximum Gasteiger partial charge on any atom is 0.203 e. The van der Waals surface area contributed by atoms with Crippen LogP contribution in [-0.2, 0) is 6.61 Å². The van der Waals surface area contributed by atoms with E-state index in [0.29, 0.717) is 5.13 Å². The second-order valence-corrected chi connectivity index (χ2v) is 7.24. The Labute approximate surface area is 176 Å². The minimum Gasteiger partial charge on any atom is -0.486 e. The van der Waals surface area contributed by atoms with Crippen molar-refractivity contribution in [3.8, 4) is 17.0 Å². The van der Waals surface area contributed by atoms with Crippen LogP contribution in [0.3, 0.4) is 0 Å². The van der Waals surface area contributed by atoms with E-state index < -0.39 is 11.6 Å². The minimum atomic E-state index is -0.594. The molecule has 0 spiro atoms. The molecule has 0 aliphatic heterocycles. The molecule has 0 fully saturated rings. The third-order valence-electron chi connectivity index (χ3n) is 4.21. The van der Waals surface area contributed by atoms with Crippen LogP contribution < -0.4 is 10.2 Å². The van der Waals surface area contributed by atoms with Gasteiger partial charge in [0.1, 0.15) is 12.4 Å². The maximum absolute atomic E-state index is 13.6. The van der Waals surface area contributed by atoms with Gasteiger partial charge in [-0.25, -0.2) is 13.8 Å². The third-order valence-corrected chi connectivity index (χ3v) is 4.96. The van der Waals surface area contributed by atoms with E-state index in [9.17, 15) is 8.78 Å². The molecule has 150 valence electrons. The Morgan fingerprint density at radius 1 is 1.00 bits per heavy atom. The Bertz CT molecular complexity index is 1140. The van der Waals surface area contributed by atoms with Gasteiger partial charge in [0.2, 0.25) is 5.13 Å². The van der Waals surface area contributed by atoms with Crippen molar-refractivity contribution in [2.45, 2.75) is 6.61 Å². The third kappa shape index (κ3) is 5.07. The van der Waals surface area contributed by atoms with Crippen molar-refractivity contribution in [3.05, 3.63) is 101 Å². The van der Waals surface area contributed by atoms with Gasteiger partial charge in [-0.2, -0.15) is 5.10 Å². The number of aromatic nitrogens is 1. The molecule has 1 aromatic heterocycles. The van der Waals surface area contributed by atoms with Crippen LogP contribution in [0.4, 0.5) is 13.9 Å². The van der Waals surface area contributed by atoms with Crippen molar-refractivity contribution >= 4 is 22.7 Å². The van der Waals surface area contributed by atoms with Crippen LogP contribution in [0.5, 0.6) is 5.75 Å². The molecule has 0 radical (unpaired) electrons. The van der Waals surface area contributed by atoms with E-state index in [4.69, 9.17) is 4.74 Å². The SMILES string of the molecule is Fc1ccc(F)c(OCc2ccc(C=NNc3nc(-c4ccccc4)cs3)cc2)c1. The lowest BCUT2D eigenvalue weighted by Gasteiger charge is -2.07. The zero-order valence-electron chi connectivity index (χ0n) is 15.8. The fourth-order valence-electron chi connectivity index (χ4n) is 2.68. The summed E-state index contributed by atoms with van der Waals surface area (Å²) in [5.74, 6) is -1.24. The first-order valence-electron chi connectivity index (χ1n) is 9.14. The molecule has 4 aromatic rings. The highest BCUT2D eigenvalue weighted by Gasteiger charge is 2.05. The molecular weight excluding hydrogens is 404 g/mol. The molecule has 0 bridgehead atoms. The molecule has 0 aliphatic carbocycles. The first kappa shape index (κ1) is 19.7. The number of anilines is 1. The van der Waals surface area contributed by atoms with Crippen molar-refractivity contribution in [3.63, 3.8) is 0 Å². The van der Waals surface area contributed by atoms with Crippen LogP contribution in [-0.4, -0.2) is 11.2 Å². The molecule has 0 saturated heterocycles. The van der Waals surface area contributed by atoms with Gasteiger partial charge in [0.25, 0.3) is 0 Å². The Hall–Kier alpha value is -3.58. The van der Waals surface area contributed by atoms with Gasteiger partial charge in [-0.3, -0.25) is 5.43 Å². The summed E-state index contributed by atoms with van der Waals surface area (Å²) in [5.41, 5.74) is 6.60. The number of hydrogen-bond donors (Lipinski definition) is 1. The van der Waals surface area contributed by atoms with Crippen LogP contribution in [0.2, 0.25) is 0 Å². The van der Waals surface area contributed by atoms with E-state index in [2.05, 4.69) is 15.5 Å². The van der Waals surface area contributed by atoms with Crippen molar-refractivity contribution in [1.29, 1.82) is 0 Å². The summed E-state index contributed by atoms with van der Waals surface area (Å²) in [7, 11) is 0. The average Bonchev–Trinajstić information content (AvgIpc) is 3.25. The number of nitrogens with zero attached hydrogens (tertiary/aromatic N) is 2. The molecule has 0 saturated carbocycles. The fraction of sp³-hybridized carbons (Fsp3) is 0.0435. The average molecular weight is 421 g/mol. The van der Waals surface area contributed by atoms with Gasteiger partial charge in [0.15, 0.2) is 11.6 Å². The molecule has 4 nitrogen and oxygen atoms in total. The molecular formula is C23H17F2N3OS. The zero-order chi connectivity index (χ0) is 20.8. The van der Waals surface area contributed by atoms with Gasteiger partial charge in [0, 0.05) is 17.0 Å². The maximum atomic E-state index is 13.6. The molecule has 1 N–H and O–H groups in total. The van der Waals surface area contributed by atoms with Gasteiger partial charge < -0.3 is 4.74 Å². The van der Waals surface area contributed by atoms with Crippen molar-refractivity contribution in [1.82, 2.24) is 4.98 Å². The number of nitrogens with one attached hydrogen (secondary N) is 1. The molecule has 3 aromatic carbocycles. The van der Waals surface area contributed by atoms with Crippen LogP contribution >= 0.6 is 11.3 Å². The molecule has 30 heavy (non-hydrogen) atoms. The summed E-state index contributed by atoms with van der Waals surface area (Å²) in [5, 5.41) is 6.89. The van der Waals surface area contributed by atoms with E-state index in [1.54, 1.807) is 6.21 Å². The van der Waals surface area contributed by atoms with Gasteiger partial charge >= 0.3 is 0 Å². The minimum absolute atomic E-state index is 0.108. The molecule has 0 amide bonds. The normalized spacial score (nSPS) is 11.0. The summed E-state index contributed by atoms with van der Waals surface area (Å²) in [6, 6.07) is 20.5. The number of rotatable bonds is 7. The second kappa shape index (κ2) is 9.28. The Kier molecular flexibility index (Phi) is 6.10. The van der Waals surface area contributed by atoms with Gasteiger partial charge in [-0.15, -0.1) is 11.3 Å². The lowest BCUT2D eigenvalue weighted by molar-refractivity contribution is 0.288. The number of benzene rings is 3. The van der Waals surface area contributed by atoms with Crippen LogP contribution in [0.25, 0.3) is 11.3 Å². The zero-order valence-corrected chi connectivity index (χ0v) is 16.6. The molecule has 7 heteroatoms. The van der Waals surface area contributed by atoms with E-state index in [0.717, 1.165) is 40.6 Å². The Morgan fingerprint density at radius 2 is 1.80 bits per heavy atom. The smallest absolute Gasteiger partial charge is 0.203 e. The topological polar surface area (TPSA) is 46.5 Å². The molecule has 0 aliphatic rings. The van der Waals surface area contributed by atoms with Gasteiger partial charge in [-0.1, -0.05) is 54.6 Å². The van der Waals surface area contributed by atoms with Crippen molar-refractivity contribution in [2.75, 3.05) is 5.43 Å². The lowest BCUT2D eigenvalue weighted by atomic mass is 10.1. The largest absolute Gasteiger partial charge is 0.486 e. The van der Waals surface area contributed by atoms with E-state index in [1.165, 1.54) is 11.3 Å². The highest BCUT2D eigenvalue weighted by molar-refractivity contribution is 7.14. The summed E-state index contributed by atoms with van der Waals surface area (Å²) in [6.45, 7) is 0.136. The number of ether oxygens (including phenoxy) is 1. The predicted octanol–water partition coefficient (Wildman–Crippen LogP) is 6.11. The number of hydrogen-bond acceptors (Lipinski definition) is 5. The van der Waals surface area contributed by atoms with E-state index >= 15 is 0 Å². The monoisotopic (exact) mass is 421 g/mol. The first-order valence-corrected chi connectivity index (χ1v) is 10.0. The quantitative estimate of drug-likeness (QED) is 0.289. The summed E-state index contributed by atoms with van der Waals surface area (Å²) >= 11 is 1.48.